The fourth-order valence-electron chi connectivity index (χ4n) is 1.03. The standard InChI is InChI=1S/C15H18.2C2H6/c1-5-9-12-14(8-4)15(11-7-3)13-10-6-2;2*1-2/h5-13H,2-4H2,1H3;2*1-2H3/b9-5-,13-10-,14-12+,15-11+;;. The molecule has 0 spiro atoms. The quantitative estimate of drug-likeness (QED) is 0.472. The van der Waals surface area contributed by atoms with Crippen LogP contribution in [0.15, 0.2) is 85.6 Å². The average Bonchev–Trinajstić information content (AvgIpc) is 2.49. The molecular formula is C19H30. The molecule has 0 saturated carbocycles. The molecule has 0 atom stereocenters. The molecule has 0 aliphatic heterocycles. The average molecular weight is 258 g/mol. The molecule has 0 aliphatic rings. The van der Waals surface area contributed by atoms with Crippen LogP contribution in [0, 0.1) is 0 Å². The summed E-state index contributed by atoms with van der Waals surface area (Å²) in [7, 11) is 0. The zero-order valence-corrected chi connectivity index (χ0v) is 13.3. The lowest BCUT2D eigenvalue weighted by Gasteiger charge is -2.01. The molecule has 0 aromatic rings. The Labute approximate surface area is 120 Å². The van der Waals surface area contributed by atoms with Crippen LogP contribution in [0.4, 0.5) is 0 Å². The van der Waals surface area contributed by atoms with Crippen LogP contribution < -0.4 is 0 Å². The van der Waals surface area contributed by atoms with E-state index in [1.54, 1.807) is 12.2 Å². The van der Waals surface area contributed by atoms with E-state index in [9.17, 15) is 0 Å². The maximum Gasteiger partial charge on any atom is -0.0184 e. The minimum atomic E-state index is 1.06. The molecule has 0 N–H and O–H groups in total. The van der Waals surface area contributed by atoms with E-state index in [-0.39, 0.29) is 0 Å². The monoisotopic (exact) mass is 258 g/mol. The Kier molecular flexibility index (Phi) is 25.3. The van der Waals surface area contributed by atoms with E-state index >= 15 is 0 Å². The predicted molar refractivity (Wildman–Crippen MR) is 93.4 cm³/mol. The molecule has 0 saturated heterocycles. The van der Waals surface area contributed by atoms with Gasteiger partial charge in [-0.3, -0.25) is 0 Å². The Morgan fingerprint density at radius 1 is 0.737 bits per heavy atom. The molecule has 0 aliphatic carbocycles. The summed E-state index contributed by atoms with van der Waals surface area (Å²) in [4.78, 5) is 0. The second-order valence-corrected chi connectivity index (χ2v) is 2.80. The number of allylic oxidation sites excluding steroid dienone is 11. The first-order chi connectivity index (χ1) is 9.29. The van der Waals surface area contributed by atoms with Crippen molar-refractivity contribution in [3.8, 4) is 0 Å². The van der Waals surface area contributed by atoms with Crippen molar-refractivity contribution in [3.63, 3.8) is 0 Å². The van der Waals surface area contributed by atoms with Crippen molar-refractivity contribution in [1.29, 1.82) is 0 Å². The third kappa shape index (κ3) is 14.1. The van der Waals surface area contributed by atoms with Gasteiger partial charge in [0.1, 0.15) is 0 Å². The molecule has 0 rings (SSSR count). The molecule has 0 heterocycles. The maximum absolute atomic E-state index is 3.79. The number of hydrogen-bond acceptors (Lipinski definition) is 0. The highest BCUT2D eigenvalue weighted by Gasteiger charge is 1.94. The lowest BCUT2D eigenvalue weighted by atomic mass is 10.0. The van der Waals surface area contributed by atoms with Gasteiger partial charge in [-0.1, -0.05) is 102 Å². The first-order valence-electron chi connectivity index (χ1n) is 6.87. The smallest absolute Gasteiger partial charge is 0.0184 e. The van der Waals surface area contributed by atoms with Gasteiger partial charge in [-0.25, -0.2) is 0 Å². The van der Waals surface area contributed by atoms with Gasteiger partial charge in [0.15, 0.2) is 0 Å². The van der Waals surface area contributed by atoms with E-state index in [4.69, 9.17) is 0 Å². The Morgan fingerprint density at radius 2 is 1.32 bits per heavy atom. The van der Waals surface area contributed by atoms with Gasteiger partial charge >= 0.3 is 0 Å². The zero-order valence-electron chi connectivity index (χ0n) is 13.3. The molecule has 0 nitrogen and oxygen atoms in total. The summed E-state index contributed by atoms with van der Waals surface area (Å²) < 4.78 is 0. The SMILES string of the molecule is C=C\C=C/C(=C\C=C)C(/C=C)=C/C=C\C.CC.CC. The minimum Gasteiger partial charge on any atom is -0.0991 e. The van der Waals surface area contributed by atoms with E-state index in [1.165, 1.54) is 0 Å². The third-order valence-corrected chi connectivity index (χ3v) is 1.73. The molecule has 0 heteroatoms. The van der Waals surface area contributed by atoms with Crippen molar-refractivity contribution in [1.82, 2.24) is 0 Å². The summed E-state index contributed by atoms with van der Waals surface area (Å²) in [5.41, 5.74) is 2.13. The molecule has 0 aromatic carbocycles. The van der Waals surface area contributed by atoms with Gasteiger partial charge in [-0.05, 0) is 18.1 Å². The highest BCUT2D eigenvalue weighted by molar-refractivity contribution is 5.49. The van der Waals surface area contributed by atoms with Crippen LogP contribution in [-0.2, 0) is 0 Å². The Hall–Kier alpha value is -1.82. The van der Waals surface area contributed by atoms with Crippen LogP contribution >= 0.6 is 0 Å². The fourth-order valence-corrected chi connectivity index (χ4v) is 1.03. The normalized spacial score (nSPS) is 11.2. The molecule has 0 fully saturated rings. The second-order valence-electron chi connectivity index (χ2n) is 2.80. The number of hydrogen-bond donors (Lipinski definition) is 0. The van der Waals surface area contributed by atoms with Crippen molar-refractivity contribution < 1.29 is 0 Å². The van der Waals surface area contributed by atoms with Gasteiger partial charge < -0.3 is 0 Å². The van der Waals surface area contributed by atoms with Crippen molar-refractivity contribution >= 4 is 0 Å². The van der Waals surface area contributed by atoms with E-state index in [1.807, 2.05) is 77.2 Å². The van der Waals surface area contributed by atoms with Crippen LogP contribution in [0.2, 0.25) is 0 Å². The molecule has 0 bridgehead atoms. The van der Waals surface area contributed by atoms with Gasteiger partial charge in [0.25, 0.3) is 0 Å². The molecular weight excluding hydrogens is 228 g/mol. The predicted octanol–water partition coefficient (Wildman–Crippen LogP) is 6.58. The van der Waals surface area contributed by atoms with E-state index in [0.29, 0.717) is 0 Å². The van der Waals surface area contributed by atoms with Crippen molar-refractivity contribution in [2.24, 2.45) is 0 Å². The van der Waals surface area contributed by atoms with Gasteiger partial charge in [0.2, 0.25) is 0 Å². The van der Waals surface area contributed by atoms with Crippen LogP contribution in [0.3, 0.4) is 0 Å². The van der Waals surface area contributed by atoms with Crippen LogP contribution in [-0.4, -0.2) is 0 Å². The van der Waals surface area contributed by atoms with Crippen LogP contribution in [0.5, 0.6) is 0 Å². The molecule has 0 aromatic heterocycles. The summed E-state index contributed by atoms with van der Waals surface area (Å²) in [5, 5.41) is 0. The molecule has 0 unspecified atom stereocenters. The van der Waals surface area contributed by atoms with E-state index in [0.717, 1.165) is 11.1 Å². The molecule has 19 heavy (non-hydrogen) atoms. The van der Waals surface area contributed by atoms with Gasteiger partial charge in [-0.2, -0.15) is 0 Å². The lowest BCUT2D eigenvalue weighted by Crippen LogP contribution is -1.81. The Morgan fingerprint density at radius 3 is 1.68 bits per heavy atom. The first-order valence-corrected chi connectivity index (χ1v) is 6.87. The zero-order chi connectivity index (χ0) is 15.5. The Bertz CT molecular complexity index is 333. The van der Waals surface area contributed by atoms with E-state index < -0.39 is 0 Å². The fraction of sp³-hybridized carbons (Fsp3) is 0.263. The Balaban J connectivity index is -0.000000579. The molecule has 106 valence electrons. The molecule has 0 amide bonds. The van der Waals surface area contributed by atoms with Gasteiger partial charge in [-0.15, -0.1) is 0 Å². The largest absolute Gasteiger partial charge is 0.0991 e. The number of rotatable bonds is 6. The highest BCUT2D eigenvalue weighted by atomic mass is 14.0. The first kappa shape index (κ1) is 22.4. The maximum atomic E-state index is 3.79. The topological polar surface area (TPSA) is 0 Å². The van der Waals surface area contributed by atoms with Crippen LogP contribution in [0.25, 0.3) is 0 Å². The second kappa shape index (κ2) is 21.5. The molecule has 0 radical (unpaired) electrons. The minimum absolute atomic E-state index is 1.06. The summed E-state index contributed by atoms with van der Waals surface area (Å²) in [6.45, 7) is 21.1. The van der Waals surface area contributed by atoms with Gasteiger partial charge in [0, 0.05) is 0 Å². The lowest BCUT2D eigenvalue weighted by molar-refractivity contribution is 1.50. The van der Waals surface area contributed by atoms with E-state index in [2.05, 4.69) is 19.7 Å². The summed E-state index contributed by atoms with van der Waals surface area (Å²) in [6.07, 6.45) is 17.1. The van der Waals surface area contributed by atoms with Crippen LogP contribution in [0.1, 0.15) is 34.6 Å². The summed E-state index contributed by atoms with van der Waals surface area (Å²) in [5.74, 6) is 0. The van der Waals surface area contributed by atoms with Gasteiger partial charge in [0.05, 0.1) is 0 Å². The summed E-state index contributed by atoms with van der Waals surface area (Å²) in [6, 6.07) is 0. The third-order valence-electron chi connectivity index (χ3n) is 1.73. The van der Waals surface area contributed by atoms with Crippen molar-refractivity contribution in [2.75, 3.05) is 0 Å². The summed E-state index contributed by atoms with van der Waals surface area (Å²) >= 11 is 0. The van der Waals surface area contributed by atoms with Crippen molar-refractivity contribution in [2.45, 2.75) is 34.6 Å². The van der Waals surface area contributed by atoms with Crippen molar-refractivity contribution in [3.05, 3.63) is 85.6 Å². The highest BCUT2D eigenvalue weighted by Crippen LogP contribution is 2.13.